The molecule has 0 saturated carbocycles. The fraction of sp³-hybridized carbons (Fsp3) is 0.286. The van der Waals surface area contributed by atoms with Crippen molar-refractivity contribution < 1.29 is 17.7 Å². The van der Waals surface area contributed by atoms with E-state index in [0.29, 0.717) is 11.5 Å². The van der Waals surface area contributed by atoms with Crippen molar-refractivity contribution in [2.24, 2.45) is 0 Å². The van der Waals surface area contributed by atoms with Crippen LogP contribution >= 0.6 is 0 Å². The summed E-state index contributed by atoms with van der Waals surface area (Å²) in [4.78, 5) is 16.7. The highest BCUT2D eigenvalue weighted by Crippen LogP contribution is 2.21. The summed E-state index contributed by atoms with van der Waals surface area (Å²) in [6.45, 7) is 5.47. The molecule has 0 spiro atoms. The second kappa shape index (κ2) is 8.66. The zero-order chi connectivity index (χ0) is 21.9. The van der Waals surface area contributed by atoms with Crippen molar-refractivity contribution in [3.63, 3.8) is 0 Å². The molecule has 1 amide bonds. The highest BCUT2D eigenvalue weighted by atomic mass is 32.2. The van der Waals surface area contributed by atoms with Crippen molar-refractivity contribution in [2.75, 3.05) is 17.1 Å². The summed E-state index contributed by atoms with van der Waals surface area (Å²) in [6.07, 6.45) is 1.07. The van der Waals surface area contributed by atoms with E-state index in [1.807, 2.05) is 51.1 Å². The molecular formula is C21H24N4O4S. The van der Waals surface area contributed by atoms with Crippen LogP contribution in [0.2, 0.25) is 0 Å². The lowest BCUT2D eigenvalue weighted by Gasteiger charge is -2.22. The number of hydrogen-bond acceptors (Lipinski definition) is 6. The lowest BCUT2D eigenvalue weighted by molar-refractivity contribution is -0.119. The predicted octanol–water partition coefficient (Wildman–Crippen LogP) is 2.74. The molecule has 1 heterocycles. The maximum atomic E-state index is 12.4. The first-order valence-corrected chi connectivity index (χ1v) is 11.2. The Kier molecular flexibility index (Phi) is 6.21. The summed E-state index contributed by atoms with van der Waals surface area (Å²) in [6, 6.07) is 12.9. The molecule has 30 heavy (non-hydrogen) atoms. The minimum Gasteiger partial charge on any atom is -0.345 e. The molecule has 0 aliphatic heterocycles. The molecule has 3 aromatic rings. The normalized spacial score (nSPS) is 11.3. The molecular weight excluding hydrogens is 404 g/mol. The third-order valence-electron chi connectivity index (χ3n) is 4.68. The lowest BCUT2D eigenvalue weighted by atomic mass is 10.1. The molecule has 0 fully saturated rings. The van der Waals surface area contributed by atoms with Gasteiger partial charge < -0.3 is 9.84 Å². The maximum absolute atomic E-state index is 12.4. The van der Waals surface area contributed by atoms with Crippen LogP contribution in [0.1, 0.15) is 22.6 Å². The van der Waals surface area contributed by atoms with Crippen LogP contribution in [0.4, 0.5) is 5.69 Å². The summed E-state index contributed by atoms with van der Waals surface area (Å²) in [5.74, 6) is 0.178. The van der Waals surface area contributed by atoms with E-state index in [4.69, 9.17) is 4.52 Å². The van der Waals surface area contributed by atoms with Crippen LogP contribution in [0.25, 0.3) is 11.4 Å². The van der Waals surface area contributed by atoms with Gasteiger partial charge in [-0.1, -0.05) is 41.1 Å². The van der Waals surface area contributed by atoms with Gasteiger partial charge in [-0.25, -0.2) is 8.42 Å². The number of amides is 1. The summed E-state index contributed by atoms with van der Waals surface area (Å²) in [5.41, 5.74) is 4.34. The van der Waals surface area contributed by atoms with Crippen molar-refractivity contribution in [3.05, 3.63) is 65.0 Å². The third-order valence-corrected chi connectivity index (χ3v) is 5.82. The Morgan fingerprint density at radius 3 is 2.40 bits per heavy atom. The number of aromatic nitrogens is 2. The summed E-state index contributed by atoms with van der Waals surface area (Å²) < 4.78 is 30.7. The van der Waals surface area contributed by atoms with E-state index in [1.165, 1.54) is 0 Å². The van der Waals surface area contributed by atoms with E-state index in [-0.39, 0.29) is 19.0 Å². The molecule has 0 aliphatic rings. The highest BCUT2D eigenvalue weighted by Gasteiger charge is 2.21. The number of carbonyl (C=O) groups excluding carboxylic acids is 1. The number of aryl methyl sites for hydroxylation is 3. The van der Waals surface area contributed by atoms with Crippen LogP contribution < -0.4 is 9.62 Å². The van der Waals surface area contributed by atoms with Crippen LogP contribution in [-0.4, -0.2) is 37.3 Å². The number of hydrogen-bond donors (Lipinski definition) is 1. The van der Waals surface area contributed by atoms with Gasteiger partial charge >= 0.3 is 0 Å². The van der Waals surface area contributed by atoms with Gasteiger partial charge in [0, 0.05) is 5.56 Å². The van der Waals surface area contributed by atoms with Gasteiger partial charge in [-0.2, -0.15) is 4.98 Å². The van der Waals surface area contributed by atoms with Crippen molar-refractivity contribution in [2.45, 2.75) is 27.3 Å². The molecule has 9 heteroatoms. The Hall–Kier alpha value is -3.20. The SMILES string of the molecule is Cc1ccc(-c2noc(CNC(=O)CN(c3ccc(C)c(C)c3)S(C)(=O)=O)n2)cc1. The van der Waals surface area contributed by atoms with Crippen LogP contribution in [0.5, 0.6) is 0 Å². The lowest BCUT2D eigenvalue weighted by Crippen LogP contribution is -2.40. The molecule has 0 aliphatic carbocycles. The molecule has 158 valence electrons. The van der Waals surface area contributed by atoms with Gasteiger partial charge in [0.1, 0.15) is 6.54 Å². The zero-order valence-electron chi connectivity index (χ0n) is 17.3. The van der Waals surface area contributed by atoms with Gasteiger partial charge in [-0.3, -0.25) is 9.10 Å². The molecule has 1 aromatic heterocycles. The second-order valence-electron chi connectivity index (χ2n) is 7.19. The number of sulfonamides is 1. The van der Waals surface area contributed by atoms with E-state index >= 15 is 0 Å². The second-order valence-corrected chi connectivity index (χ2v) is 9.10. The Balaban J connectivity index is 1.66. The molecule has 0 atom stereocenters. The van der Waals surface area contributed by atoms with Crippen LogP contribution in [0.3, 0.4) is 0 Å². The Labute approximate surface area is 176 Å². The van der Waals surface area contributed by atoms with Crippen LogP contribution in [0.15, 0.2) is 47.0 Å². The molecule has 0 radical (unpaired) electrons. The molecule has 1 N–H and O–H groups in total. The zero-order valence-corrected chi connectivity index (χ0v) is 18.2. The molecule has 0 bridgehead atoms. The molecule has 0 saturated heterocycles. The van der Waals surface area contributed by atoms with Crippen molar-refractivity contribution in [1.82, 2.24) is 15.5 Å². The van der Waals surface area contributed by atoms with Gasteiger partial charge in [0.05, 0.1) is 18.5 Å². The summed E-state index contributed by atoms with van der Waals surface area (Å²) in [5, 5.41) is 6.55. The van der Waals surface area contributed by atoms with Gasteiger partial charge in [0.15, 0.2) is 0 Å². The third kappa shape index (κ3) is 5.24. The standard InChI is InChI=1S/C21H24N4O4S/c1-14-5-8-17(9-6-14)21-23-20(29-24-21)12-22-19(26)13-25(30(4,27)28)18-10-7-15(2)16(3)11-18/h5-11H,12-13H2,1-4H3,(H,22,26). The van der Waals surface area contributed by atoms with Crippen molar-refractivity contribution >= 4 is 21.6 Å². The van der Waals surface area contributed by atoms with E-state index in [0.717, 1.165) is 32.8 Å². The first kappa shape index (κ1) is 21.5. The molecule has 3 rings (SSSR count). The summed E-state index contributed by atoms with van der Waals surface area (Å²) >= 11 is 0. The average Bonchev–Trinajstić information content (AvgIpc) is 3.15. The van der Waals surface area contributed by atoms with Gasteiger partial charge in [0.2, 0.25) is 27.6 Å². The topological polar surface area (TPSA) is 105 Å². The van der Waals surface area contributed by atoms with E-state index in [9.17, 15) is 13.2 Å². The minimum absolute atomic E-state index is 0.00220. The number of benzene rings is 2. The minimum atomic E-state index is -3.64. The number of anilines is 1. The molecule has 2 aromatic carbocycles. The van der Waals surface area contributed by atoms with Gasteiger partial charge in [0.25, 0.3) is 0 Å². The summed E-state index contributed by atoms with van der Waals surface area (Å²) in [7, 11) is -3.64. The number of nitrogens with zero attached hydrogens (tertiary/aromatic N) is 3. The Bertz CT molecular complexity index is 1150. The largest absolute Gasteiger partial charge is 0.345 e. The highest BCUT2D eigenvalue weighted by molar-refractivity contribution is 7.92. The first-order chi connectivity index (χ1) is 14.1. The number of rotatable bonds is 7. The monoisotopic (exact) mass is 428 g/mol. The number of nitrogens with one attached hydrogen (secondary N) is 1. The van der Waals surface area contributed by atoms with E-state index in [2.05, 4.69) is 15.5 Å². The number of carbonyl (C=O) groups is 1. The fourth-order valence-electron chi connectivity index (χ4n) is 2.79. The Morgan fingerprint density at radius 1 is 1.07 bits per heavy atom. The average molecular weight is 429 g/mol. The predicted molar refractivity (Wildman–Crippen MR) is 114 cm³/mol. The van der Waals surface area contributed by atoms with Gasteiger partial charge in [-0.05, 0) is 44.0 Å². The molecule has 8 nitrogen and oxygen atoms in total. The van der Waals surface area contributed by atoms with Crippen LogP contribution in [0, 0.1) is 20.8 Å². The first-order valence-electron chi connectivity index (χ1n) is 9.35. The maximum Gasteiger partial charge on any atom is 0.246 e. The van der Waals surface area contributed by atoms with Crippen LogP contribution in [-0.2, 0) is 21.4 Å². The van der Waals surface area contributed by atoms with E-state index in [1.54, 1.807) is 12.1 Å². The smallest absolute Gasteiger partial charge is 0.246 e. The Morgan fingerprint density at radius 2 is 1.77 bits per heavy atom. The van der Waals surface area contributed by atoms with Crippen molar-refractivity contribution in [1.29, 1.82) is 0 Å². The fourth-order valence-corrected chi connectivity index (χ4v) is 3.64. The quantitative estimate of drug-likeness (QED) is 0.620. The van der Waals surface area contributed by atoms with Crippen molar-refractivity contribution in [3.8, 4) is 11.4 Å². The molecule has 0 unspecified atom stereocenters. The van der Waals surface area contributed by atoms with E-state index < -0.39 is 15.9 Å². The van der Waals surface area contributed by atoms with Gasteiger partial charge in [-0.15, -0.1) is 0 Å².